The van der Waals surface area contributed by atoms with Gasteiger partial charge in [-0.3, -0.25) is 4.79 Å². The number of amides is 1. The molecule has 0 atom stereocenters. The quantitative estimate of drug-likeness (QED) is 0.726. The van der Waals surface area contributed by atoms with E-state index in [0.717, 1.165) is 18.8 Å². The molecule has 0 saturated carbocycles. The molecule has 26 heavy (non-hydrogen) atoms. The number of carbonyl (C=O) groups is 1. The Morgan fingerprint density at radius 2 is 1.77 bits per heavy atom. The summed E-state index contributed by atoms with van der Waals surface area (Å²) in [5.74, 6) is -0.279. The van der Waals surface area contributed by atoms with E-state index in [9.17, 15) is 13.2 Å². The Morgan fingerprint density at radius 3 is 2.27 bits per heavy atom. The van der Waals surface area contributed by atoms with Crippen LogP contribution in [0.15, 0.2) is 33.7 Å². The smallest absolute Gasteiger partial charge is 0.246 e. The Kier molecular flexibility index (Phi) is 6.38. The molecule has 0 radical (unpaired) electrons. The summed E-state index contributed by atoms with van der Waals surface area (Å²) in [5.41, 5.74) is 1.91. The normalized spacial score (nSPS) is 11.4. The van der Waals surface area contributed by atoms with Crippen molar-refractivity contribution in [2.45, 2.75) is 32.6 Å². The Hall–Kier alpha value is -2.39. The highest BCUT2D eigenvalue weighted by atomic mass is 32.2. The largest absolute Gasteiger partial charge is 0.372 e. The maximum absolute atomic E-state index is 12.3. The van der Waals surface area contributed by atoms with Crippen LogP contribution in [0.1, 0.15) is 25.3 Å². The molecule has 0 spiro atoms. The molecule has 1 aromatic heterocycles. The van der Waals surface area contributed by atoms with E-state index >= 15 is 0 Å². The fourth-order valence-electron chi connectivity index (χ4n) is 2.64. The average molecular weight is 380 g/mol. The predicted octanol–water partition coefficient (Wildman–Crippen LogP) is 2.05. The van der Waals surface area contributed by atoms with Crippen LogP contribution in [-0.2, 0) is 14.8 Å². The molecule has 8 nitrogen and oxygen atoms in total. The Morgan fingerprint density at radius 1 is 1.15 bits per heavy atom. The van der Waals surface area contributed by atoms with Gasteiger partial charge in [0.15, 0.2) is 5.76 Å². The molecule has 9 heteroatoms. The number of aromatic nitrogens is 1. The second-order valence-corrected chi connectivity index (χ2v) is 7.45. The van der Waals surface area contributed by atoms with Gasteiger partial charge in [-0.15, -0.1) is 0 Å². The van der Waals surface area contributed by atoms with Crippen LogP contribution < -0.4 is 14.9 Å². The van der Waals surface area contributed by atoms with Gasteiger partial charge in [-0.2, -0.15) is 0 Å². The van der Waals surface area contributed by atoms with Crippen molar-refractivity contribution in [3.8, 4) is 0 Å². The highest BCUT2D eigenvalue weighted by molar-refractivity contribution is 7.89. The molecule has 2 N–H and O–H groups in total. The van der Waals surface area contributed by atoms with Crippen molar-refractivity contribution < 1.29 is 17.7 Å². The topological polar surface area (TPSA) is 105 Å². The monoisotopic (exact) mass is 380 g/mol. The molecule has 1 amide bonds. The van der Waals surface area contributed by atoms with E-state index < -0.39 is 15.9 Å². The third-order valence-electron chi connectivity index (χ3n) is 3.94. The molecular formula is C17H24N4O4S. The van der Waals surface area contributed by atoms with Crippen LogP contribution in [-0.4, -0.2) is 39.1 Å². The number of carbonyl (C=O) groups excluding carboxylic acids is 1. The first kappa shape index (κ1) is 19.9. The molecule has 0 aliphatic rings. The lowest BCUT2D eigenvalue weighted by atomic mass is 10.2. The fraction of sp³-hybridized carbons (Fsp3) is 0.412. The maximum atomic E-state index is 12.3. The molecule has 0 bridgehead atoms. The lowest BCUT2D eigenvalue weighted by Crippen LogP contribution is -2.33. The molecule has 0 aliphatic carbocycles. The highest BCUT2D eigenvalue weighted by Crippen LogP contribution is 2.19. The van der Waals surface area contributed by atoms with Gasteiger partial charge in [0, 0.05) is 24.5 Å². The number of rotatable bonds is 8. The Balaban J connectivity index is 1.97. The number of anilines is 2. The zero-order chi connectivity index (χ0) is 19.3. The van der Waals surface area contributed by atoms with Gasteiger partial charge in [0.1, 0.15) is 10.6 Å². The maximum Gasteiger partial charge on any atom is 0.246 e. The lowest BCUT2D eigenvalue weighted by Gasteiger charge is -2.21. The molecule has 0 saturated heterocycles. The number of nitrogens with one attached hydrogen (secondary N) is 2. The molecule has 0 fully saturated rings. The van der Waals surface area contributed by atoms with E-state index in [0.29, 0.717) is 5.69 Å². The van der Waals surface area contributed by atoms with Gasteiger partial charge in [-0.05, 0) is 52.0 Å². The van der Waals surface area contributed by atoms with E-state index in [1.165, 1.54) is 13.8 Å². The van der Waals surface area contributed by atoms with Crippen molar-refractivity contribution in [1.82, 2.24) is 9.88 Å². The number of sulfonamides is 1. The second kappa shape index (κ2) is 8.33. The summed E-state index contributed by atoms with van der Waals surface area (Å²) in [6.45, 7) is 8.59. The minimum absolute atomic E-state index is 0.0334. The van der Waals surface area contributed by atoms with Crippen LogP contribution in [0.2, 0.25) is 0 Å². The minimum atomic E-state index is -3.86. The van der Waals surface area contributed by atoms with E-state index in [-0.39, 0.29) is 22.9 Å². The van der Waals surface area contributed by atoms with Crippen LogP contribution in [0.3, 0.4) is 0 Å². The van der Waals surface area contributed by atoms with E-state index in [4.69, 9.17) is 4.52 Å². The molecule has 0 unspecified atom stereocenters. The predicted molar refractivity (Wildman–Crippen MR) is 99.8 cm³/mol. The second-order valence-electron chi connectivity index (χ2n) is 5.75. The van der Waals surface area contributed by atoms with Crippen molar-refractivity contribution in [3.63, 3.8) is 0 Å². The summed E-state index contributed by atoms with van der Waals surface area (Å²) >= 11 is 0. The summed E-state index contributed by atoms with van der Waals surface area (Å²) in [5, 5.41) is 6.28. The molecule has 2 rings (SSSR count). The number of nitrogens with zero attached hydrogens (tertiary/aromatic N) is 2. The zero-order valence-electron chi connectivity index (χ0n) is 15.4. The fourth-order valence-corrected chi connectivity index (χ4v) is 3.95. The number of hydrogen-bond acceptors (Lipinski definition) is 6. The van der Waals surface area contributed by atoms with Gasteiger partial charge < -0.3 is 14.7 Å². The minimum Gasteiger partial charge on any atom is -0.372 e. The van der Waals surface area contributed by atoms with Gasteiger partial charge >= 0.3 is 0 Å². The van der Waals surface area contributed by atoms with E-state index in [1.54, 1.807) is 12.1 Å². The van der Waals surface area contributed by atoms with E-state index in [2.05, 4.69) is 33.9 Å². The first-order valence-electron chi connectivity index (χ1n) is 8.35. The van der Waals surface area contributed by atoms with Gasteiger partial charge in [0.2, 0.25) is 15.9 Å². The lowest BCUT2D eigenvalue weighted by molar-refractivity contribution is -0.115. The first-order valence-corrected chi connectivity index (χ1v) is 9.84. The third kappa shape index (κ3) is 4.61. The van der Waals surface area contributed by atoms with Gasteiger partial charge in [-0.1, -0.05) is 5.16 Å². The Labute approximate surface area is 153 Å². The molecular weight excluding hydrogens is 356 g/mol. The average Bonchev–Trinajstić information content (AvgIpc) is 2.95. The number of aryl methyl sites for hydroxylation is 2. The van der Waals surface area contributed by atoms with Gasteiger partial charge in [0.05, 0.1) is 6.54 Å². The first-order chi connectivity index (χ1) is 12.3. The Bertz CT molecular complexity index is 836. The molecule has 1 heterocycles. The zero-order valence-corrected chi connectivity index (χ0v) is 16.2. The number of benzene rings is 1. The molecule has 142 valence electrons. The van der Waals surface area contributed by atoms with Crippen LogP contribution in [0.25, 0.3) is 0 Å². The van der Waals surface area contributed by atoms with E-state index in [1.807, 2.05) is 12.1 Å². The standard InChI is InChI=1S/C17H24N4O4S/c1-5-21(6-2)15-9-7-14(8-10-15)19-16(22)11-18-26(23,24)17-12(3)20-25-13(17)4/h7-10,18H,5-6,11H2,1-4H3,(H,19,22). The summed E-state index contributed by atoms with van der Waals surface area (Å²) in [4.78, 5) is 14.2. The molecule has 2 aromatic rings. The molecule has 0 aliphatic heterocycles. The van der Waals surface area contributed by atoms with Crippen molar-refractivity contribution in [2.24, 2.45) is 0 Å². The van der Waals surface area contributed by atoms with Crippen molar-refractivity contribution in [2.75, 3.05) is 29.9 Å². The van der Waals surface area contributed by atoms with Crippen LogP contribution in [0.4, 0.5) is 11.4 Å². The third-order valence-corrected chi connectivity index (χ3v) is 5.58. The summed E-state index contributed by atoms with van der Waals surface area (Å²) < 4.78 is 31.7. The van der Waals surface area contributed by atoms with Crippen LogP contribution in [0, 0.1) is 13.8 Å². The summed E-state index contributed by atoms with van der Waals surface area (Å²) in [7, 11) is -3.86. The summed E-state index contributed by atoms with van der Waals surface area (Å²) in [6.07, 6.45) is 0. The van der Waals surface area contributed by atoms with Crippen LogP contribution >= 0.6 is 0 Å². The number of hydrogen-bond donors (Lipinski definition) is 2. The van der Waals surface area contributed by atoms with Gasteiger partial charge in [-0.25, -0.2) is 13.1 Å². The van der Waals surface area contributed by atoms with Crippen molar-refractivity contribution in [3.05, 3.63) is 35.7 Å². The SMILES string of the molecule is CCN(CC)c1ccc(NC(=O)CNS(=O)(=O)c2c(C)noc2C)cc1. The van der Waals surface area contributed by atoms with Crippen molar-refractivity contribution >= 4 is 27.3 Å². The van der Waals surface area contributed by atoms with Gasteiger partial charge in [0.25, 0.3) is 0 Å². The summed E-state index contributed by atoms with van der Waals surface area (Å²) in [6, 6.07) is 7.40. The highest BCUT2D eigenvalue weighted by Gasteiger charge is 2.24. The van der Waals surface area contributed by atoms with Crippen molar-refractivity contribution in [1.29, 1.82) is 0 Å². The molecule has 1 aromatic carbocycles. The van der Waals surface area contributed by atoms with Crippen LogP contribution in [0.5, 0.6) is 0 Å².